The maximum Gasteiger partial charge on any atom is 0.358 e. The van der Waals surface area contributed by atoms with Gasteiger partial charge in [-0.2, -0.15) is 9.78 Å². The second-order valence-corrected chi connectivity index (χ2v) is 4.97. The minimum Gasteiger partial charge on any atom is -0.461 e. The van der Waals surface area contributed by atoms with Gasteiger partial charge in [0.1, 0.15) is 0 Å². The van der Waals surface area contributed by atoms with Crippen LogP contribution in [0.4, 0.5) is 0 Å². The molecule has 2 aromatic heterocycles. The minimum atomic E-state index is -0.597. The molecule has 7 heteroatoms. The average molecular weight is 337 g/mol. The zero-order valence-electron chi connectivity index (χ0n) is 13.5. The van der Waals surface area contributed by atoms with Crippen molar-refractivity contribution in [1.29, 1.82) is 0 Å². The summed E-state index contributed by atoms with van der Waals surface area (Å²) in [6.07, 6.45) is 2.96. The second kappa shape index (κ2) is 7.39. The van der Waals surface area contributed by atoms with Crippen LogP contribution in [0.3, 0.4) is 0 Å². The predicted octanol–water partition coefficient (Wildman–Crippen LogP) is 2.66. The average Bonchev–Trinajstić information content (AvgIpc) is 3.07. The Hall–Kier alpha value is -3.48. The fraction of sp³-hybridized carbons (Fsp3) is 0.111. The lowest BCUT2D eigenvalue weighted by molar-refractivity contribution is 0.0518. The highest BCUT2D eigenvalue weighted by atomic mass is 16.5. The molecule has 25 heavy (non-hydrogen) atoms. The summed E-state index contributed by atoms with van der Waals surface area (Å²) in [4.78, 5) is 28.1. The summed E-state index contributed by atoms with van der Waals surface area (Å²) in [7, 11) is 0. The molecule has 0 N–H and O–H groups in total. The molecule has 0 spiro atoms. The van der Waals surface area contributed by atoms with Crippen LogP contribution in [0.15, 0.2) is 60.9 Å². The van der Waals surface area contributed by atoms with Crippen LogP contribution in [0.2, 0.25) is 0 Å². The Labute approximate surface area is 143 Å². The maximum absolute atomic E-state index is 12.3. The molecule has 0 fully saturated rings. The van der Waals surface area contributed by atoms with Crippen molar-refractivity contribution in [3.05, 3.63) is 72.2 Å². The molecule has 3 aromatic rings. The zero-order chi connectivity index (χ0) is 17.6. The topological polar surface area (TPSA) is 83.3 Å². The van der Waals surface area contributed by atoms with Crippen molar-refractivity contribution >= 4 is 11.9 Å². The van der Waals surface area contributed by atoms with Gasteiger partial charge in [-0.3, -0.25) is 4.98 Å². The standard InChI is InChI=1S/C18H15N3O4/c1-2-24-18(23)15-11-16(21(20-15)14-8-4-3-5-9-14)25-17(22)13-7-6-10-19-12-13/h3-12H,2H2,1H3. The van der Waals surface area contributed by atoms with Gasteiger partial charge in [0.2, 0.25) is 5.88 Å². The SMILES string of the molecule is CCOC(=O)c1cc(OC(=O)c2cccnc2)n(-c2ccccc2)n1. The number of hydrogen-bond acceptors (Lipinski definition) is 6. The van der Waals surface area contributed by atoms with Gasteiger partial charge in [0, 0.05) is 18.5 Å². The predicted molar refractivity (Wildman–Crippen MR) is 88.7 cm³/mol. The van der Waals surface area contributed by atoms with E-state index in [4.69, 9.17) is 9.47 Å². The fourth-order valence-corrected chi connectivity index (χ4v) is 2.13. The van der Waals surface area contributed by atoms with E-state index in [-0.39, 0.29) is 18.2 Å². The van der Waals surface area contributed by atoms with E-state index < -0.39 is 11.9 Å². The van der Waals surface area contributed by atoms with Crippen molar-refractivity contribution in [3.63, 3.8) is 0 Å². The van der Waals surface area contributed by atoms with Crippen molar-refractivity contribution in [2.24, 2.45) is 0 Å². The summed E-state index contributed by atoms with van der Waals surface area (Å²) in [5.74, 6) is -1.07. The van der Waals surface area contributed by atoms with E-state index in [0.29, 0.717) is 11.3 Å². The number of carbonyl (C=O) groups excluding carboxylic acids is 2. The smallest absolute Gasteiger partial charge is 0.358 e. The monoisotopic (exact) mass is 337 g/mol. The summed E-state index contributed by atoms with van der Waals surface area (Å²) in [5.41, 5.74) is 0.993. The number of rotatable bonds is 5. The summed E-state index contributed by atoms with van der Waals surface area (Å²) in [5, 5.41) is 4.19. The Morgan fingerprint density at radius 2 is 1.88 bits per heavy atom. The minimum absolute atomic E-state index is 0.0553. The summed E-state index contributed by atoms with van der Waals surface area (Å²) in [6.45, 7) is 1.93. The van der Waals surface area contributed by atoms with E-state index in [1.54, 1.807) is 37.4 Å². The lowest BCUT2D eigenvalue weighted by Crippen LogP contribution is -2.12. The Morgan fingerprint density at radius 1 is 1.08 bits per heavy atom. The van der Waals surface area contributed by atoms with Gasteiger partial charge in [-0.25, -0.2) is 9.59 Å². The van der Waals surface area contributed by atoms with E-state index in [1.165, 1.54) is 16.9 Å². The highest BCUT2D eigenvalue weighted by Gasteiger charge is 2.20. The Kier molecular flexibility index (Phi) is 4.84. The largest absolute Gasteiger partial charge is 0.461 e. The van der Waals surface area contributed by atoms with Gasteiger partial charge in [0.15, 0.2) is 5.69 Å². The number of nitrogens with zero attached hydrogens (tertiary/aromatic N) is 3. The first-order valence-electron chi connectivity index (χ1n) is 7.64. The molecule has 7 nitrogen and oxygen atoms in total. The van der Waals surface area contributed by atoms with Gasteiger partial charge in [-0.1, -0.05) is 18.2 Å². The number of esters is 2. The molecule has 126 valence electrons. The molecule has 0 saturated heterocycles. The normalized spacial score (nSPS) is 10.3. The van der Waals surface area contributed by atoms with Crippen molar-refractivity contribution in [1.82, 2.24) is 14.8 Å². The van der Waals surface area contributed by atoms with E-state index in [2.05, 4.69) is 10.1 Å². The lowest BCUT2D eigenvalue weighted by atomic mass is 10.3. The molecule has 0 radical (unpaired) electrons. The van der Waals surface area contributed by atoms with Crippen molar-refractivity contribution in [2.75, 3.05) is 6.61 Å². The van der Waals surface area contributed by atoms with Crippen LogP contribution in [0.5, 0.6) is 5.88 Å². The third-order valence-corrected chi connectivity index (χ3v) is 3.26. The van der Waals surface area contributed by atoms with Crippen LogP contribution in [-0.4, -0.2) is 33.3 Å². The Bertz CT molecular complexity index is 876. The van der Waals surface area contributed by atoms with Crippen LogP contribution < -0.4 is 4.74 Å². The van der Waals surface area contributed by atoms with Gasteiger partial charge in [-0.15, -0.1) is 0 Å². The highest BCUT2D eigenvalue weighted by Crippen LogP contribution is 2.21. The Morgan fingerprint density at radius 3 is 2.56 bits per heavy atom. The molecular formula is C18H15N3O4. The first kappa shape index (κ1) is 16.4. The third kappa shape index (κ3) is 3.72. The zero-order valence-corrected chi connectivity index (χ0v) is 13.5. The molecule has 0 amide bonds. The first-order chi connectivity index (χ1) is 12.2. The molecule has 0 aliphatic carbocycles. The summed E-state index contributed by atoms with van der Waals surface area (Å²) in [6, 6.07) is 13.6. The molecule has 0 unspecified atom stereocenters. The number of para-hydroxylation sites is 1. The molecule has 2 heterocycles. The number of carbonyl (C=O) groups is 2. The molecule has 0 atom stereocenters. The summed E-state index contributed by atoms with van der Waals surface area (Å²) >= 11 is 0. The van der Waals surface area contributed by atoms with E-state index in [1.807, 2.05) is 18.2 Å². The van der Waals surface area contributed by atoms with Gasteiger partial charge < -0.3 is 9.47 Å². The number of benzene rings is 1. The van der Waals surface area contributed by atoms with Gasteiger partial charge in [-0.05, 0) is 31.2 Å². The van der Waals surface area contributed by atoms with E-state index in [0.717, 1.165) is 0 Å². The molecule has 0 aliphatic rings. The van der Waals surface area contributed by atoms with Gasteiger partial charge in [0.05, 0.1) is 17.9 Å². The van der Waals surface area contributed by atoms with Crippen molar-refractivity contribution in [3.8, 4) is 11.6 Å². The van der Waals surface area contributed by atoms with Crippen LogP contribution in [0, 0.1) is 0 Å². The van der Waals surface area contributed by atoms with Crippen molar-refractivity contribution < 1.29 is 19.1 Å². The highest BCUT2D eigenvalue weighted by molar-refractivity contribution is 5.91. The molecule has 0 saturated carbocycles. The van der Waals surface area contributed by atoms with Crippen molar-refractivity contribution in [2.45, 2.75) is 6.92 Å². The maximum atomic E-state index is 12.3. The number of hydrogen-bond donors (Lipinski definition) is 0. The van der Waals surface area contributed by atoms with Crippen LogP contribution >= 0.6 is 0 Å². The fourth-order valence-electron chi connectivity index (χ4n) is 2.13. The third-order valence-electron chi connectivity index (χ3n) is 3.26. The van der Waals surface area contributed by atoms with Crippen LogP contribution in [0.25, 0.3) is 5.69 Å². The van der Waals surface area contributed by atoms with E-state index in [9.17, 15) is 9.59 Å². The molecule has 0 aliphatic heterocycles. The molecule has 0 bridgehead atoms. The molecule has 3 rings (SSSR count). The summed E-state index contributed by atoms with van der Waals surface area (Å²) < 4.78 is 11.7. The lowest BCUT2D eigenvalue weighted by Gasteiger charge is -2.07. The van der Waals surface area contributed by atoms with E-state index >= 15 is 0 Å². The molecule has 1 aromatic carbocycles. The van der Waals surface area contributed by atoms with Gasteiger partial charge >= 0.3 is 11.9 Å². The number of ether oxygens (including phenoxy) is 2. The number of pyridine rings is 1. The molecular weight excluding hydrogens is 322 g/mol. The quantitative estimate of drug-likeness (QED) is 0.666. The number of aromatic nitrogens is 3. The Balaban J connectivity index is 1.96. The second-order valence-electron chi connectivity index (χ2n) is 4.97. The van der Waals surface area contributed by atoms with Crippen LogP contribution in [-0.2, 0) is 4.74 Å². The first-order valence-corrected chi connectivity index (χ1v) is 7.64. The van der Waals surface area contributed by atoms with Gasteiger partial charge in [0.25, 0.3) is 0 Å². The van der Waals surface area contributed by atoms with Crippen LogP contribution in [0.1, 0.15) is 27.8 Å².